The number of rotatable bonds is 6. The lowest BCUT2D eigenvalue weighted by atomic mass is 9.76. The molecule has 3 aliphatic rings. The number of piperidine rings is 1. The van der Waals surface area contributed by atoms with E-state index >= 15 is 0 Å². The maximum Gasteiger partial charge on any atom is 0.425 e. The highest BCUT2D eigenvalue weighted by Gasteiger charge is 2.47. The number of likely N-dealkylation sites (tertiary alicyclic amines) is 1. The van der Waals surface area contributed by atoms with Crippen molar-refractivity contribution in [3.8, 4) is 0 Å². The Bertz CT molecular complexity index is 1030. The summed E-state index contributed by atoms with van der Waals surface area (Å²) in [6.45, 7) is 1.96. The van der Waals surface area contributed by atoms with Crippen LogP contribution in [0.4, 0.5) is 13.2 Å². The molecule has 11 heteroatoms. The van der Waals surface area contributed by atoms with Gasteiger partial charge in [0.15, 0.2) is 0 Å². The minimum atomic E-state index is -4.48. The van der Waals surface area contributed by atoms with Gasteiger partial charge in [0.1, 0.15) is 16.6 Å². The van der Waals surface area contributed by atoms with Crippen LogP contribution in [0.3, 0.4) is 0 Å². The maximum atomic E-state index is 13.6. The van der Waals surface area contributed by atoms with Gasteiger partial charge in [-0.2, -0.15) is 18.3 Å². The van der Waals surface area contributed by atoms with Gasteiger partial charge >= 0.3 is 6.18 Å². The monoisotopic (exact) mass is 501 g/mol. The SMILES string of the molecule is OCc1c(C(F)(F)F)sc2c1CCOC21CCN(Cc2cnn(CC(O)C3(O)CCC3)c2)CC1. The number of hydrogen-bond donors (Lipinski definition) is 3. The number of aromatic nitrogens is 2. The fraction of sp³-hybridized carbons (Fsp3) is 0.696. The summed E-state index contributed by atoms with van der Waals surface area (Å²) in [6, 6.07) is 0. The quantitative estimate of drug-likeness (QED) is 0.564. The Kier molecular flexibility index (Phi) is 6.31. The van der Waals surface area contributed by atoms with E-state index in [1.54, 1.807) is 10.9 Å². The van der Waals surface area contributed by atoms with Crippen LogP contribution in [0.25, 0.3) is 0 Å². The molecule has 1 saturated carbocycles. The van der Waals surface area contributed by atoms with Crippen LogP contribution in [0.15, 0.2) is 12.4 Å². The van der Waals surface area contributed by atoms with E-state index in [4.69, 9.17) is 4.74 Å². The summed E-state index contributed by atoms with van der Waals surface area (Å²) in [4.78, 5) is 2.16. The van der Waals surface area contributed by atoms with Gasteiger partial charge in [0.25, 0.3) is 0 Å². The molecule has 3 N–H and O–H groups in total. The van der Waals surface area contributed by atoms with Crippen LogP contribution in [-0.4, -0.2) is 61.4 Å². The van der Waals surface area contributed by atoms with Crippen molar-refractivity contribution >= 4 is 11.3 Å². The minimum absolute atomic E-state index is 0.0127. The highest BCUT2D eigenvalue weighted by atomic mass is 32.1. The predicted molar refractivity (Wildman–Crippen MR) is 118 cm³/mol. The summed E-state index contributed by atoms with van der Waals surface area (Å²) in [5.74, 6) is 0. The van der Waals surface area contributed by atoms with Crippen molar-refractivity contribution in [1.82, 2.24) is 14.7 Å². The Morgan fingerprint density at radius 1 is 1.21 bits per heavy atom. The van der Waals surface area contributed by atoms with E-state index < -0.39 is 35.0 Å². The standard InChI is InChI=1S/C23H30F3N3O4S/c24-23(25,26)20-17(14-30)16-2-9-33-22(19(16)34-20)5-7-28(8-6-22)11-15-10-27-29(12-15)13-18(31)21(32)3-1-4-21/h10,12,18,30-32H,1-9,11,13-14H2. The van der Waals surface area contributed by atoms with Crippen molar-refractivity contribution in [2.24, 2.45) is 0 Å². The lowest BCUT2D eigenvalue weighted by Crippen LogP contribution is -2.50. The van der Waals surface area contributed by atoms with Gasteiger partial charge in [-0.1, -0.05) is 0 Å². The fourth-order valence-electron chi connectivity index (χ4n) is 5.45. The highest BCUT2D eigenvalue weighted by molar-refractivity contribution is 7.12. The zero-order chi connectivity index (χ0) is 24.1. The first kappa shape index (κ1) is 24.2. The molecule has 2 aliphatic heterocycles. The summed E-state index contributed by atoms with van der Waals surface area (Å²) in [5.41, 5.74) is -0.122. The largest absolute Gasteiger partial charge is 0.425 e. The second-order valence-electron chi connectivity index (χ2n) is 9.79. The molecule has 1 aliphatic carbocycles. The van der Waals surface area contributed by atoms with E-state index in [-0.39, 0.29) is 12.1 Å². The summed E-state index contributed by atoms with van der Waals surface area (Å²) in [5, 5.41) is 34.6. The summed E-state index contributed by atoms with van der Waals surface area (Å²) in [7, 11) is 0. The smallest absolute Gasteiger partial charge is 0.392 e. The summed E-state index contributed by atoms with van der Waals surface area (Å²) >= 11 is 0.736. The molecule has 2 aromatic heterocycles. The van der Waals surface area contributed by atoms with Crippen molar-refractivity contribution < 1.29 is 33.2 Å². The molecule has 5 rings (SSSR count). The summed E-state index contributed by atoms with van der Waals surface area (Å²) < 4.78 is 48.5. The van der Waals surface area contributed by atoms with E-state index in [1.807, 2.05) is 6.20 Å². The number of alkyl halides is 3. The van der Waals surface area contributed by atoms with Crippen molar-refractivity contribution in [2.75, 3.05) is 19.7 Å². The molecular weight excluding hydrogens is 471 g/mol. The third-order valence-electron chi connectivity index (χ3n) is 7.63. The Morgan fingerprint density at radius 3 is 2.56 bits per heavy atom. The van der Waals surface area contributed by atoms with Gasteiger partial charge in [-0.25, -0.2) is 0 Å². The number of ether oxygens (including phenoxy) is 1. The number of aliphatic hydroxyl groups excluding tert-OH is 2. The average Bonchev–Trinajstić information content (AvgIpc) is 3.38. The zero-order valence-electron chi connectivity index (χ0n) is 18.9. The second-order valence-corrected chi connectivity index (χ2v) is 10.8. The number of aliphatic hydroxyl groups is 3. The molecule has 1 unspecified atom stereocenters. The predicted octanol–water partition coefficient (Wildman–Crippen LogP) is 2.80. The third-order valence-corrected chi connectivity index (χ3v) is 9.14. The number of hydrogen-bond acceptors (Lipinski definition) is 7. The normalized spacial score (nSPS) is 23.0. The van der Waals surface area contributed by atoms with Gasteiger partial charge < -0.3 is 20.1 Å². The van der Waals surface area contributed by atoms with E-state index in [2.05, 4.69) is 10.00 Å². The van der Waals surface area contributed by atoms with Crippen molar-refractivity contribution in [1.29, 1.82) is 0 Å². The first-order valence-electron chi connectivity index (χ1n) is 11.7. The first-order valence-corrected chi connectivity index (χ1v) is 12.6. The first-order chi connectivity index (χ1) is 16.1. The van der Waals surface area contributed by atoms with Gasteiger partial charge in [-0.3, -0.25) is 9.58 Å². The fourth-order valence-corrected chi connectivity index (χ4v) is 6.88. The van der Waals surface area contributed by atoms with Gasteiger partial charge in [-0.15, -0.1) is 11.3 Å². The van der Waals surface area contributed by atoms with Crippen LogP contribution in [-0.2, 0) is 42.6 Å². The molecule has 7 nitrogen and oxygen atoms in total. The lowest BCUT2D eigenvalue weighted by molar-refractivity contribution is -0.135. The van der Waals surface area contributed by atoms with Crippen molar-refractivity contribution in [2.45, 2.75) is 81.7 Å². The van der Waals surface area contributed by atoms with Crippen LogP contribution >= 0.6 is 11.3 Å². The van der Waals surface area contributed by atoms with Crippen LogP contribution < -0.4 is 0 Å². The molecule has 34 heavy (non-hydrogen) atoms. The Labute approximate surface area is 199 Å². The number of thiophene rings is 1. The molecule has 2 fully saturated rings. The van der Waals surface area contributed by atoms with E-state index in [0.717, 1.165) is 23.3 Å². The Balaban J connectivity index is 1.24. The van der Waals surface area contributed by atoms with Gasteiger partial charge in [0.05, 0.1) is 31.6 Å². The minimum Gasteiger partial charge on any atom is -0.392 e. The van der Waals surface area contributed by atoms with Gasteiger partial charge in [0, 0.05) is 41.8 Å². The Morgan fingerprint density at radius 2 is 1.94 bits per heavy atom. The van der Waals surface area contributed by atoms with Crippen molar-refractivity contribution in [3.63, 3.8) is 0 Å². The van der Waals surface area contributed by atoms with E-state index in [0.29, 0.717) is 68.8 Å². The molecule has 0 aromatic carbocycles. The highest BCUT2D eigenvalue weighted by Crippen LogP contribution is 2.50. The number of fused-ring (bicyclic) bond motifs is 2. The second kappa shape index (κ2) is 8.86. The van der Waals surface area contributed by atoms with Gasteiger partial charge in [-0.05, 0) is 44.1 Å². The van der Waals surface area contributed by atoms with Crippen LogP contribution in [0.2, 0.25) is 0 Å². The molecule has 0 amide bonds. The molecule has 4 heterocycles. The number of nitrogens with zero attached hydrogens (tertiary/aromatic N) is 3. The molecule has 0 radical (unpaired) electrons. The van der Waals surface area contributed by atoms with Gasteiger partial charge in [0.2, 0.25) is 0 Å². The molecule has 1 atom stereocenters. The lowest BCUT2D eigenvalue weighted by Gasteiger charge is -2.43. The molecular formula is C23H30F3N3O4S. The van der Waals surface area contributed by atoms with Crippen LogP contribution in [0, 0.1) is 0 Å². The Hall–Kier alpha value is -1.50. The van der Waals surface area contributed by atoms with E-state index in [9.17, 15) is 28.5 Å². The maximum absolute atomic E-state index is 13.6. The topological polar surface area (TPSA) is 91.0 Å². The summed E-state index contributed by atoms with van der Waals surface area (Å²) in [6.07, 6.45) is 1.99. The molecule has 2 aromatic rings. The average molecular weight is 502 g/mol. The van der Waals surface area contributed by atoms with E-state index in [1.165, 1.54) is 0 Å². The van der Waals surface area contributed by atoms with Crippen LogP contribution in [0.5, 0.6) is 0 Å². The third kappa shape index (κ3) is 4.31. The molecule has 1 spiro atoms. The number of halogens is 3. The molecule has 1 saturated heterocycles. The molecule has 188 valence electrons. The molecule has 0 bridgehead atoms. The van der Waals surface area contributed by atoms with Crippen LogP contribution in [0.1, 0.15) is 58.5 Å². The zero-order valence-corrected chi connectivity index (χ0v) is 19.7. The van der Waals surface area contributed by atoms with Crippen molar-refractivity contribution in [3.05, 3.63) is 38.8 Å².